The lowest BCUT2D eigenvalue weighted by molar-refractivity contribution is 0.0954. The van der Waals surface area contributed by atoms with E-state index in [2.05, 4.69) is 10.6 Å². The fourth-order valence-corrected chi connectivity index (χ4v) is 2.20. The van der Waals surface area contributed by atoms with Crippen molar-refractivity contribution < 1.29 is 14.0 Å². The average molecular weight is 336 g/mol. The van der Waals surface area contributed by atoms with Crippen molar-refractivity contribution in [2.45, 2.75) is 13.3 Å². The number of nitrogens with one attached hydrogen (secondary N) is 2. The second-order valence-electron chi connectivity index (χ2n) is 4.93. The summed E-state index contributed by atoms with van der Waals surface area (Å²) < 4.78 is 5.11. The van der Waals surface area contributed by atoms with Gasteiger partial charge in [0.25, 0.3) is 11.8 Å². The third kappa shape index (κ3) is 4.34. The molecule has 7 heteroatoms. The van der Waals surface area contributed by atoms with E-state index in [1.54, 1.807) is 25.1 Å². The van der Waals surface area contributed by atoms with Gasteiger partial charge in [-0.05, 0) is 44.2 Å². The summed E-state index contributed by atoms with van der Waals surface area (Å²) >= 11 is 5.97. The first-order valence-electron chi connectivity index (χ1n) is 7.16. The molecule has 0 aliphatic rings. The standard InChI is InChI=1S/C16H18ClN3O3/c1-10-12(5-8-23-10)16(22)20-14-9-11(17)3-4-13(14)15(21)19-7-2-6-18/h3-5,8-9H,2,6-7,18H2,1H3,(H,19,21)(H,20,22). The Bertz CT molecular complexity index is 712. The second-order valence-corrected chi connectivity index (χ2v) is 5.37. The highest BCUT2D eigenvalue weighted by atomic mass is 35.5. The topological polar surface area (TPSA) is 97.4 Å². The SMILES string of the molecule is Cc1occc1C(=O)Nc1cc(Cl)ccc1C(=O)NCCCN. The highest BCUT2D eigenvalue weighted by molar-refractivity contribution is 6.31. The van der Waals surface area contributed by atoms with Gasteiger partial charge in [0.05, 0.1) is 23.1 Å². The minimum absolute atomic E-state index is 0.297. The third-order valence-electron chi connectivity index (χ3n) is 3.24. The van der Waals surface area contributed by atoms with E-state index in [0.717, 1.165) is 0 Å². The van der Waals surface area contributed by atoms with E-state index in [0.29, 0.717) is 47.1 Å². The van der Waals surface area contributed by atoms with Crippen molar-refractivity contribution in [1.82, 2.24) is 5.32 Å². The number of carbonyl (C=O) groups excluding carboxylic acids is 2. The summed E-state index contributed by atoms with van der Waals surface area (Å²) in [6, 6.07) is 6.26. The number of nitrogens with two attached hydrogens (primary N) is 1. The van der Waals surface area contributed by atoms with Crippen molar-refractivity contribution in [3.05, 3.63) is 52.4 Å². The lowest BCUT2D eigenvalue weighted by Gasteiger charge is -2.12. The molecule has 0 spiro atoms. The highest BCUT2D eigenvalue weighted by Gasteiger charge is 2.17. The first-order chi connectivity index (χ1) is 11.0. The van der Waals surface area contributed by atoms with Gasteiger partial charge in [-0.3, -0.25) is 9.59 Å². The molecule has 23 heavy (non-hydrogen) atoms. The van der Waals surface area contributed by atoms with Gasteiger partial charge in [-0.1, -0.05) is 11.6 Å². The molecule has 2 amide bonds. The molecule has 0 saturated carbocycles. The molecule has 1 aromatic carbocycles. The van der Waals surface area contributed by atoms with E-state index in [4.69, 9.17) is 21.8 Å². The van der Waals surface area contributed by atoms with Crippen molar-refractivity contribution in [3.8, 4) is 0 Å². The van der Waals surface area contributed by atoms with E-state index >= 15 is 0 Å². The molecule has 6 nitrogen and oxygen atoms in total. The Morgan fingerprint density at radius 2 is 2.00 bits per heavy atom. The summed E-state index contributed by atoms with van der Waals surface area (Å²) in [6.45, 7) is 2.64. The van der Waals surface area contributed by atoms with Gasteiger partial charge >= 0.3 is 0 Å². The molecule has 0 unspecified atom stereocenters. The average Bonchev–Trinajstić information content (AvgIpc) is 2.93. The van der Waals surface area contributed by atoms with Gasteiger partial charge in [0.1, 0.15) is 5.76 Å². The van der Waals surface area contributed by atoms with Gasteiger partial charge in [0.15, 0.2) is 0 Å². The summed E-state index contributed by atoms with van der Waals surface area (Å²) in [6.07, 6.45) is 2.11. The van der Waals surface area contributed by atoms with Crippen LogP contribution < -0.4 is 16.4 Å². The van der Waals surface area contributed by atoms with Crippen LogP contribution in [-0.4, -0.2) is 24.9 Å². The van der Waals surface area contributed by atoms with Gasteiger partial charge in [0.2, 0.25) is 0 Å². The van der Waals surface area contributed by atoms with Crippen molar-refractivity contribution in [2.75, 3.05) is 18.4 Å². The number of carbonyl (C=O) groups is 2. The Morgan fingerprint density at radius 1 is 1.22 bits per heavy atom. The zero-order valence-electron chi connectivity index (χ0n) is 12.7. The van der Waals surface area contributed by atoms with Gasteiger partial charge < -0.3 is 20.8 Å². The van der Waals surface area contributed by atoms with Gasteiger partial charge in [0, 0.05) is 11.6 Å². The first kappa shape index (κ1) is 17.1. The number of anilines is 1. The molecule has 122 valence electrons. The lowest BCUT2D eigenvalue weighted by Crippen LogP contribution is -2.27. The Balaban J connectivity index is 2.20. The second kappa shape index (κ2) is 7.80. The monoisotopic (exact) mass is 335 g/mol. The van der Waals surface area contributed by atoms with Gasteiger partial charge in [-0.15, -0.1) is 0 Å². The van der Waals surface area contributed by atoms with Crippen molar-refractivity contribution in [1.29, 1.82) is 0 Å². The fourth-order valence-electron chi connectivity index (χ4n) is 2.03. The van der Waals surface area contributed by atoms with Gasteiger partial charge in [-0.2, -0.15) is 0 Å². The van der Waals surface area contributed by atoms with E-state index in [1.165, 1.54) is 12.3 Å². The number of rotatable bonds is 6. The number of amides is 2. The maximum absolute atomic E-state index is 12.3. The van der Waals surface area contributed by atoms with Crippen LogP contribution in [0.5, 0.6) is 0 Å². The minimum atomic E-state index is -0.366. The zero-order chi connectivity index (χ0) is 16.8. The zero-order valence-corrected chi connectivity index (χ0v) is 13.4. The molecule has 0 bridgehead atoms. The number of hydrogen-bond donors (Lipinski definition) is 3. The smallest absolute Gasteiger partial charge is 0.259 e. The van der Waals surface area contributed by atoms with Crippen LogP contribution in [0.15, 0.2) is 34.9 Å². The van der Waals surface area contributed by atoms with E-state index in [-0.39, 0.29) is 11.8 Å². The fraction of sp³-hybridized carbons (Fsp3) is 0.250. The molecule has 2 rings (SSSR count). The van der Waals surface area contributed by atoms with Crippen molar-refractivity contribution >= 4 is 29.1 Å². The summed E-state index contributed by atoms with van der Waals surface area (Å²) in [4.78, 5) is 24.5. The molecular weight excluding hydrogens is 318 g/mol. The molecule has 0 saturated heterocycles. The lowest BCUT2D eigenvalue weighted by atomic mass is 10.1. The normalized spacial score (nSPS) is 10.4. The number of hydrogen-bond acceptors (Lipinski definition) is 4. The van der Waals surface area contributed by atoms with Crippen LogP contribution in [0.3, 0.4) is 0 Å². The van der Waals surface area contributed by atoms with E-state index < -0.39 is 0 Å². The predicted molar refractivity (Wildman–Crippen MR) is 88.9 cm³/mol. The Kier molecular flexibility index (Phi) is 5.78. The largest absolute Gasteiger partial charge is 0.469 e. The molecule has 0 aliphatic carbocycles. The van der Waals surface area contributed by atoms with Crippen LogP contribution in [0.4, 0.5) is 5.69 Å². The number of benzene rings is 1. The van der Waals surface area contributed by atoms with E-state index in [1.807, 2.05) is 0 Å². The molecule has 0 aliphatic heterocycles. The Morgan fingerprint density at radius 3 is 2.65 bits per heavy atom. The number of halogens is 1. The molecule has 2 aromatic rings. The summed E-state index contributed by atoms with van der Waals surface area (Å²) in [5, 5.41) is 5.86. The molecule has 0 atom stereocenters. The Labute approximate surface area is 139 Å². The maximum Gasteiger partial charge on any atom is 0.259 e. The number of aryl methyl sites for hydroxylation is 1. The summed E-state index contributed by atoms with van der Waals surface area (Å²) in [7, 11) is 0. The van der Waals surface area contributed by atoms with Crippen LogP contribution in [-0.2, 0) is 0 Å². The maximum atomic E-state index is 12.3. The first-order valence-corrected chi connectivity index (χ1v) is 7.54. The predicted octanol–water partition coefficient (Wildman–Crippen LogP) is 2.57. The molecule has 0 fully saturated rings. The van der Waals surface area contributed by atoms with Crippen LogP contribution in [0.25, 0.3) is 0 Å². The molecule has 1 heterocycles. The Hall–Kier alpha value is -2.31. The van der Waals surface area contributed by atoms with Gasteiger partial charge in [-0.25, -0.2) is 0 Å². The van der Waals surface area contributed by atoms with E-state index in [9.17, 15) is 9.59 Å². The highest BCUT2D eigenvalue weighted by Crippen LogP contribution is 2.22. The van der Waals surface area contributed by atoms with Crippen LogP contribution in [0.1, 0.15) is 32.9 Å². The summed E-state index contributed by atoms with van der Waals surface area (Å²) in [5.74, 6) is -0.165. The van der Waals surface area contributed by atoms with Crippen LogP contribution in [0, 0.1) is 6.92 Å². The van der Waals surface area contributed by atoms with Crippen molar-refractivity contribution in [3.63, 3.8) is 0 Å². The molecule has 1 aromatic heterocycles. The quantitative estimate of drug-likeness (QED) is 0.707. The third-order valence-corrected chi connectivity index (χ3v) is 3.48. The van der Waals surface area contributed by atoms with Crippen molar-refractivity contribution in [2.24, 2.45) is 5.73 Å². The number of furan rings is 1. The van der Waals surface area contributed by atoms with Crippen LogP contribution >= 0.6 is 11.6 Å². The minimum Gasteiger partial charge on any atom is -0.469 e. The van der Waals surface area contributed by atoms with Crippen LogP contribution in [0.2, 0.25) is 5.02 Å². The molecule has 0 radical (unpaired) electrons. The molecule has 4 N–H and O–H groups in total. The molecular formula is C16H18ClN3O3. The summed E-state index contributed by atoms with van der Waals surface area (Å²) in [5.41, 5.74) is 6.48.